The number of hydrogen-bond acceptors (Lipinski definition) is 7. The third-order valence-electron chi connectivity index (χ3n) is 7.43. The topological polar surface area (TPSA) is 117 Å². The molecule has 0 bridgehead atoms. The molecule has 38 heavy (non-hydrogen) atoms. The maximum absolute atomic E-state index is 14.5. The minimum absolute atomic E-state index is 0.146. The number of aliphatic hydroxyl groups is 1. The lowest BCUT2D eigenvalue weighted by molar-refractivity contribution is -0.0864. The first-order valence-electron chi connectivity index (χ1n) is 12.7. The highest BCUT2D eigenvalue weighted by Gasteiger charge is 2.42. The van der Waals surface area contributed by atoms with Crippen molar-refractivity contribution in [1.82, 2.24) is 25.0 Å². The maximum Gasteiger partial charge on any atom is 0.283 e. The average Bonchev–Trinajstić information content (AvgIpc) is 2.88. The smallest absolute Gasteiger partial charge is 0.283 e. The fraction of sp³-hybridized carbons (Fsp3) is 0.500. The second-order valence-corrected chi connectivity index (χ2v) is 10.2. The molecule has 12 heteroatoms. The van der Waals surface area contributed by atoms with Crippen LogP contribution >= 0.6 is 0 Å². The molecule has 0 spiro atoms. The average molecular weight is 533 g/mol. The Hall–Kier alpha value is -3.22. The summed E-state index contributed by atoms with van der Waals surface area (Å²) < 4.78 is 41.4. The Bertz CT molecular complexity index is 1400. The van der Waals surface area contributed by atoms with Crippen molar-refractivity contribution in [2.45, 2.75) is 43.8 Å². The van der Waals surface area contributed by atoms with Crippen LogP contribution in [0, 0.1) is 0 Å². The van der Waals surface area contributed by atoms with Crippen molar-refractivity contribution in [3.05, 3.63) is 68.0 Å². The van der Waals surface area contributed by atoms with Crippen molar-refractivity contribution in [3.8, 4) is 0 Å². The van der Waals surface area contributed by atoms with E-state index in [0.29, 0.717) is 24.1 Å². The third kappa shape index (κ3) is 5.07. The number of likely N-dealkylation sites (tertiary alicyclic amines) is 1. The van der Waals surface area contributed by atoms with E-state index < -0.39 is 36.2 Å². The van der Waals surface area contributed by atoms with Gasteiger partial charge in [0.1, 0.15) is 6.61 Å². The summed E-state index contributed by atoms with van der Waals surface area (Å²) in [6.45, 7) is 1.73. The number of nitrogens with one attached hydrogen (secondary N) is 3. The van der Waals surface area contributed by atoms with Crippen LogP contribution in [0.1, 0.15) is 36.2 Å². The van der Waals surface area contributed by atoms with Gasteiger partial charge in [-0.15, -0.1) is 0 Å². The van der Waals surface area contributed by atoms with Crippen molar-refractivity contribution >= 4 is 16.5 Å². The predicted octanol–water partition coefficient (Wildman–Crippen LogP) is 2.03. The van der Waals surface area contributed by atoms with Crippen LogP contribution in [0.15, 0.2) is 40.1 Å². The fourth-order valence-electron chi connectivity index (χ4n) is 5.58. The van der Waals surface area contributed by atoms with Crippen LogP contribution < -0.4 is 16.4 Å². The van der Waals surface area contributed by atoms with Gasteiger partial charge in [-0.2, -0.15) is 0 Å². The molecule has 1 fully saturated rings. The quantitative estimate of drug-likeness (QED) is 0.333. The van der Waals surface area contributed by atoms with E-state index in [2.05, 4.69) is 25.4 Å². The number of rotatable bonds is 9. The Morgan fingerprint density at radius 3 is 2.61 bits per heavy atom. The zero-order chi connectivity index (χ0) is 27.0. The number of alkyl halides is 3. The molecule has 2 aromatic heterocycles. The van der Waals surface area contributed by atoms with Crippen LogP contribution in [0.5, 0.6) is 0 Å². The van der Waals surface area contributed by atoms with E-state index >= 15 is 0 Å². The van der Waals surface area contributed by atoms with Crippen LogP contribution in [-0.4, -0.2) is 87.6 Å². The Morgan fingerprint density at radius 1 is 1.16 bits per heavy atom. The standard InChI is InChI=1S/C26H31F3N6O3/c1-15-9-16-3-5-19-22(25(38)33-32-24(19)37)21(16)23(35(15)13-26(28,29)14-36)20-6-4-17(10-30-20)31-18-11-34(12-18)8-2-7-27/h3-6,10,15,18,23,31,36H,2,7-9,11-14H2,1H3,(H,32,37)(H,33,38)/t15-,23-/m1/s1. The molecule has 4 N–H and O–H groups in total. The summed E-state index contributed by atoms with van der Waals surface area (Å²) >= 11 is 0. The molecule has 1 aromatic carbocycles. The first-order valence-corrected chi connectivity index (χ1v) is 12.7. The largest absolute Gasteiger partial charge is 0.390 e. The van der Waals surface area contributed by atoms with Crippen molar-refractivity contribution in [3.63, 3.8) is 0 Å². The predicted molar refractivity (Wildman–Crippen MR) is 138 cm³/mol. The van der Waals surface area contributed by atoms with Gasteiger partial charge in [0, 0.05) is 25.7 Å². The van der Waals surface area contributed by atoms with Gasteiger partial charge in [0.15, 0.2) is 0 Å². The molecule has 2 atom stereocenters. The molecule has 204 valence electrons. The number of aromatic amines is 2. The fourth-order valence-corrected chi connectivity index (χ4v) is 5.58. The van der Waals surface area contributed by atoms with Gasteiger partial charge >= 0.3 is 0 Å². The number of aromatic nitrogens is 3. The summed E-state index contributed by atoms with van der Waals surface area (Å²) in [5.74, 6) is -3.38. The van der Waals surface area contributed by atoms with E-state index in [1.54, 1.807) is 29.3 Å². The number of fused-ring (bicyclic) bond motifs is 3. The zero-order valence-corrected chi connectivity index (χ0v) is 21.0. The Labute approximate surface area is 216 Å². The van der Waals surface area contributed by atoms with Gasteiger partial charge in [-0.25, -0.2) is 8.78 Å². The Balaban J connectivity index is 1.52. The van der Waals surface area contributed by atoms with E-state index in [9.17, 15) is 27.9 Å². The highest BCUT2D eigenvalue weighted by molar-refractivity contribution is 5.86. The highest BCUT2D eigenvalue weighted by atomic mass is 19.3. The normalized spacial score (nSPS) is 20.9. The SMILES string of the molecule is C[C@@H]1Cc2ccc3c(=O)[nH][nH]c(=O)c3c2[C@@H](c2ccc(NC3CN(CCCF)C3)cn2)N1CC(F)(F)CO. The van der Waals surface area contributed by atoms with Crippen LogP contribution in [0.25, 0.3) is 10.8 Å². The number of anilines is 1. The molecule has 1 saturated heterocycles. The molecule has 9 nitrogen and oxygen atoms in total. The summed E-state index contributed by atoms with van der Waals surface area (Å²) in [5.41, 5.74) is 1.44. The molecular weight excluding hydrogens is 501 g/mol. The molecule has 0 radical (unpaired) electrons. The minimum atomic E-state index is -3.38. The Kier molecular flexibility index (Phi) is 7.30. The summed E-state index contributed by atoms with van der Waals surface area (Å²) in [5, 5.41) is 17.7. The first kappa shape index (κ1) is 26.4. The second kappa shape index (κ2) is 10.5. The molecule has 0 amide bonds. The van der Waals surface area contributed by atoms with Gasteiger partial charge in [-0.3, -0.25) is 39.0 Å². The van der Waals surface area contributed by atoms with Gasteiger partial charge < -0.3 is 10.4 Å². The number of benzene rings is 1. The number of H-pyrrole nitrogens is 2. The van der Waals surface area contributed by atoms with Crippen LogP contribution in [0.4, 0.5) is 18.9 Å². The summed E-state index contributed by atoms with van der Waals surface area (Å²) in [6.07, 6.45) is 2.53. The highest BCUT2D eigenvalue weighted by Crippen LogP contribution is 2.41. The van der Waals surface area contributed by atoms with E-state index in [0.717, 1.165) is 30.9 Å². The van der Waals surface area contributed by atoms with Gasteiger partial charge in [0.25, 0.3) is 17.0 Å². The molecule has 3 aromatic rings. The second-order valence-electron chi connectivity index (χ2n) is 10.2. The third-order valence-corrected chi connectivity index (χ3v) is 7.43. The number of aliphatic hydroxyl groups excluding tert-OH is 1. The molecule has 5 rings (SSSR count). The molecule has 2 aliphatic heterocycles. The van der Waals surface area contributed by atoms with Gasteiger partial charge in [0.05, 0.1) is 53.7 Å². The lowest BCUT2D eigenvalue weighted by Crippen LogP contribution is -2.54. The van der Waals surface area contributed by atoms with E-state index in [-0.39, 0.29) is 29.5 Å². The summed E-state index contributed by atoms with van der Waals surface area (Å²) in [4.78, 5) is 33.7. The maximum atomic E-state index is 14.5. The molecule has 0 saturated carbocycles. The summed E-state index contributed by atoms with van der Waals surface area (Å²) in [7, 11) is 0. The van der Waals surface area contributed by atoms with Crippen LogP contribution in [0.2, 0.25) is 0 Å². The number of halogens is 3. The molecular formula is C26H31F3N6O3. The van der Waals surface area contributed by atoms with E-state index in [1.165, 1.54) is 0 Å². The molecule has 0 aliphatic carbocycles. The van der Waals surface area contributed by atoms with Crippen LogP contribution in [-0.2, 0) is 6.42 Å². The van der Waals surface area contributed by atoms with E-state index in [1.807, 2.05) is 13.0 Å². The van der Waals surface area contributed by atoms with Crippen molar-refractivity contribution in [2.24, 2.45) is 0 Å². The van der Waals surface area contributed by atoms with Crippen molar-refractivity contribution in [2.75, 3.05) is 44.8 Å². The first-order chi connectivity index (χ1) is 18.2. The summed E-state index contributed by atoms with van der Waals surface area (Å²) in [6, 6.07) is 5.90. The van der Waals surface area contributed by atoms with Crippen molar-refractivity contribution < 1.29 is 18.3 Å². The lowest BCUT2D eigenvalue weighted by atomic mass is 9.83. The number of pyridine rings is 1. The van der Waals surface area contributed by atoms with Gasteiger partial charge in [-0.05, 0) is 49.1 Å². The molecule has 2 aliphatic rings. The minimum Gasteiger partial charge on any atom is -0.390 e. The molecule has 4 heterocycles. The number of nitrogens with zero attached hydrogens (tertiary/aromatic N) is 3. The number of hydrogen-bond donors (Lipinski definition) is 4. The van der Waals surface area contributed by atoms with Gasteiger partial charge in [-0.1, -0.05) is 6.07 Å². The molecule has 0 unspecified atom stereocenters. The Morgan fingerprint density at radius 2 is 1.92 bits per heavy atom. The van der Waals surface area contributed by atoms with E-state index in [4.69, 9.17) is 0 Å². The zero-order valence-electron chi connectivity index (χ0n) is 21.0. The lowest BCUT2D eigenvalue weighted by Gasteiger charge is -2.43. The monoisotopic (exact) mass is 532 g/mol. The van der Waals surface area contributed by atoms with Gasteiger partial charge in [0.2, 0.25) is 0 Å². The van der Waals surface area contributed by atoms with Crippen LogP contribution in [0.3, 0.4) is 0 Å². The van der Waals surface area contributed by atoms with Crippen molar-refractivity contribution in [1.29, 1.82) is 0 Å².